The molecule has 0 radical (unpaired) electrons. The van der Waals surface area contributed by atoms with Crippen molar-refractivity contribution in [3.05, 3.63) is 24.0 Å². The van der Waals surface area contributed by atoms with Crippen molar-refractivity contribution in [2.24, 2.45) is 0 Å². The zero-order valence-electron chi connectivity index (χ0n) is 8.90. The lowest BCUT2D eigenvalue weighted by atomic mass is 10.1. The van der Waals surface area contributed by atoms with Crippen LogP contribution in [0, 0.1) is 5.82 Å². The molecule has 0 fully saturated rings. The molecule has 1 aliphatic heterocycles. The lowest BCUT2D eigenvalue weighted by molar-refractivity contribution is -0.115. The van der Waals surface area contributed by atoms with Crippen LogP contribution in [0.2, 0.25) is 0 Å². The molecule has 1 unspecified atom stereocenters. The van der Waals surface area contributed by atoms with Crippen LogP contribution in [0.1, 0.15) is 6.92 Å². The molecule has 1 aromatic rings. The standard InChI is InChI=1S/C11H13FN2O2/c1-7(6-15)14-5-11(16)13-9-3-2-8(12)4-10(9)14/h2-4,7,15H,5-6H2,1H3,(H,13,16). The van der Waals surface area contributed by atoms with Crippen molar-refractivity contribution < 1.29 is 14.3 Å². The first-order valence-electron chi connectivity index (χ1n) is 5.08. The molecule has 0 aromatic heterocycles. The fraction of sp³-hybridized carbons (Fsp3) is 0.364. The van der Waals surface area contributed by atoms with Crippen LogP contribution in [0.15, 0.2) is 18.2 Å². The van der Waals surface area contributed by atoms with Gasteiger partial charge in [-0.3, -0.25) is 4.79 Å². The number of rotatable bonds is 2. The molecule has 1 amide bonds. The van der Waals surface area contributed by atoms with Crippen molar-refractivity contribution in [1.29, 1.82) is 0 Å². The van der Waals surface area contributed by atoms with E-state index >= 15 is 0 Å². The molecule has 0 saturated carbocycles. The van der Waals surface area contributed by atoms with Crippen LogP contribution in [0.25, 0.3) is 0 Å². The van der Waals surface area contributed by atoms with Gasteiger partial charge in [0.05, 0.1) is 24.5 Å². The molecular weight excluding hydrogens is 211 g/mol. The zero-order valence-corrected chi connectivity index (χ0v) is 8.90. The molecule has 2 N–H and O–H groups in total. The molecule has 2 rings (SSSR count). The fourth-order valence-corrected chi connectivity index (χ4v) is 1.77. The number of hydrogen-bond donors (Lipinski definition) is 2. The van der Waals surface area contributed by atoms with Crippen LogP contribution in [-0.4, -0.2) is 30.2 Å². The monoisotopic (exact) mass is 224 g/mol. The van der Waals surface area contributed by atoms with Gasteiger partial charge in [-0.15, -0.1) is 0 Å². The molecule has 5 heteroatoms. The first-order chi connectivity index (χ1) is 7.61. The largest absolute Gasteiger partial charge is 0.394 e. The minimum atomic E-state index is -0.356. The van der Waals surface area contributed by atoms with Gasteiger partial charge in [-0.05, 0) is 25.1 Å². The van der Waals surface area contributed by atoms with E-state index in [4.69, 9.17) is 5.11 Å². The summed E-state index contributed by atoms with van der Waals surface area (Å²) < 4.78 is 13.1. The predicted octanol–water partition coefficient (Wildman–Crippen LogP) is 0.965. The zero-order chi connectivity index (χ0) is 11.7. The van der Waals surface area contributed by atoms with Crippen LogP contribution in [0.3, 0.4) is 0 Å². The summed E-state index contributed by atoms with van der Waals surface area (Å²) in [5.41, 5.74) is 1.19. The third-order valence-electron chi connectivity index (χ3n) is 2.65. The minimum Gasteiger partial charge on any atom is -0.394 e. The Hall–Kier alpha value is -1.62. The van der Waals surface area contributed by atoms with Crippen molar-refractivity contribution in [2.45, 2.75) is 13.0 Å². The molecule has 0 spiro atoms. The maximum atomic E-state index is 13.1. The Morgan fingerprint density at radius 1 is 1.62 bits per heavy atom. The number of amides is 1. The molecule has 16 heavy (non-hydrogen) atoms. The predicted molar refractivity (Wildman–Crippen MR) is 58.9 cm³/mol. The molecule has 4 nitrogen and oxygen atoms in total. The van der Waals surface area contributed by atoms with Crippen LogP contribution >= 0.6 is 0 Å². The van der Waals surface area contributed by atoms with Gasteiger partial charge in [-0.2, -0.15) is 0 Å². The summed E-state index contributed by atoms with van der Waals surface area (Å²) in [6.45, 7) is 1.84. The smallest absolute Gasteiger partial charge is 0.243 e. The van der Waals surface area contributed by atoms with E-state index in [1.165, 1.54) is 18.2 Å². The second-order valence-electron chi connectivity index (χ2n) is 3.87. The fourth-order valence-electron chi connectivity index (χ4n) is 1.77. The van der Waals surface area contributed by atoms with Gasteiger partial charge in [0.2, 0.25) is 5.91 Å². The molecule has 1 aliphatic rings. The van der Waals surface area contributed by atoms with Gasteiger partial charge in [0.25, 0.3) is 0 Å². The summed E-state index contributed by atoms with van der Waals surface area (Å²) >= 11 is 0. The average Bonchev–Trinajstić information content (AvgIpc) is 2.27. The van der Waals surface area contributed by atoms with Crippen LogP contribution < -0.4 is 10.2 Å². The van der Waals surface area contributed by atoms with E-state index in [1.54, 1.807) is 11.8 Å². The average molecular weight is 224 g/mol. The van der Waals surface area contributed by atoms with Crippen LogP contribution in [0.5, 0.6) is 0 Å². The lowest BCUT2D eigenvalue weighted by Crippen LogP contribution is -2.44. The van der Waals surface area contributed by atoms with Crippen molar-refractivity contribution in [3.63, 3.8) is 0 Å². The summed E-state index contributed by atoms with van der Waals surface area (Å²) in [6.07, 6.45) is 0. The van der Waals surface area contributed by atoms with Crippen molar-refractivity contribution in [2.75, 3.05) is 23.4 Å². The highest BCUT2D eigenvalue weighted by Crippen LogP contribution is 2.31. The van der Waals surface area contributed by atoms with E-state index in [0.717, 1.165) is 0 Å². The van der Waals surface area contributed by atoms with Gasteiger partial charge in [0.1, 0.15) is 5.82 Å². The van der Waals surface area contributed by atoms with E-state index in [9.17, 15) is 9.18 Å². The Morgan fingerprint density at radius 2 is 2.38 bits per heavy atom. The van der Waals surface area contributed by atoms with E-state index in [2.05, 4.69) is 5.32 Å². The van der Waals surface area contributed by atoms with E-state index in [1.807, 2.05) is 0 Å². The van der Waals surface area contributed by atoms with E-state index in [-0.39, 0.29) is 30.9 Å². The first-order valence-corrected chi connectivity index (χ1v) is 5.08. The molecule has 0 aliphatic carbocycles. The number of halogens is 1. The summed E-state index contributed by atoms with van der Waals surface area (Å²) in [4.78, 5) is 13.1. The third kappa shape index (κ3) is 1.86. The van der Waals surface area contributed by atoms with Crippen LogP contribution in [-0.2, 0) is 4.79 Å². The summed E-state index contributed by atoms with van der Waals surface area (Å²) in [6, 6.07) is 3.97. The highest BCUT2D eigenvalue weighted by atomic mass is 19.1. The van der Waals surface area contributed by atoms with Gasteiger partial charge in [-0.1, -0.05) is 0 Å². The molecule has 1 atom stereocenters. The number of carbonyl (C=O) groups is 1. The van der Waals surface area contributed by atoms with Crippen LogP contribution in [0.4, 0.5) is 15.8 Å². The maximum absolute atomic E-state index is 13.1. The highest BCUT2D eigenvalue weighted by Gasteiger charge is 2.25. The molecule has 1 heterocycles. The summed E-state index contributed by atoms with van der Waals surface area (Å²) in [7, 11) is 0. The molecular formula is C11H13FN2O2. The minimum absolute atomic E-state index is 0.0801. The van der Waals surface area contributed by atoms with Gasteiger partial charge in [0.15, 0.2) is 0 Å². The number of carbonyl (C=O) groups excluding carboxylic acids is 1. The number of benzene rings is 1. The van der Waals surface area contributed by atoms with Gasteiger partial charge < -0.3 is 15.3 Å². The first kappa shape index (κ1) is 10.9. The molecule has 86 valence electrons. The summed E-state index contributed by atoms with van der Waals surface area (Å²) in [5, 5.41) is 11.8. The number of nitrogens with zero attached hydrogens (tertiary/aromatic N) is 1. The lowest BCUT2D eigenvalue weighted by Gasteiger charge is -2.34. The van der Waals surface area contributed by atoms with Gasteiger partial charge in [-0.25, -0.2) is 4.39 Å². The highest BCUT2D eigenvalue weighted by molar-refractivity contribution is 6.01. The number of aliphatic hydroxyl groups is 1. The number of anilines is 2. The topological polar surface area (TPSA) is 52.6 Å². The second-order valence-corrected chi connectivity index (χ2v) is 3.87. The Bertz CT molecular complexity index is 422. The van der Waals surface area contributed by atoms with E-state index < -0.39 is 0 Å². The normalized spacial score (nSPS) is 16.7. The van der Waals surface area contributed by atoms with Crippen molar-refractivity contribution in [1.82, 2.24) is 0 Å². The van der Waals surface area contributed by atoms with Gasteiger partial charge >= 0.3 is 0 Å². The SMILES string of the molecule is CC(CO)N1CC(=O)Nc2ccc(F)cc21. The number of aliphatic hydroxyl groups excluding tert-OH is 1. The Morgan fingerprint density at radius 3 is 3.06 bits per heavy atom. The third-order valence-corrected chi connectivity index (χ3v) is 2.65. The molecule has 0 saturated heterocycles. The number of fused-ring (bicyclic) bond motifs is 1. The van der Waals surface area contributed by atoms with Gasteiger partial charge in [0, 0.05) is 6.04 Å². The Balaban J connectivity index is 2.43. The number of hydrogen-bond acceptors (Lipinski definition) is 3. The Labute approximate surface area is 92.7 Å². The molecule has 1 aromatic carbocycles. The quantitative estimate of drug-likeness (QED) is 0.786. The number of nitrogens with one attached hydrogen (secondary N) is 1. The van der Waals surface area contributed by atoms with Crippen molar-refractivity contribution >= 4 is 17.3 Å². The summed E-state index contributed by atoms with van der Waals surface area (Å²) in [5.74, 6) is -0.510. The Kier molecular flexibility index (Phi) is 2.78. The van der Waals surface area contributed by atoms with E-state index in [0.29, 0.717) is 11.4 Å². The maximum Gasteiger partial charge on any atom is 0.243 e. The van der Waals surface area contributed by atoms with Crippen molar-refractivity contribution in [3.8, 4) is 0 Å². The molecule has 0 bridgehead atoms. The second kappa shape index (κ2) is 4.09.